The number of rotatable bonds is 3. The normalized spacial score (nSPS) is 23.4. The zero-order valence-electron chi connectivity index (χ0n) is 11.9. The van der Waals surface area contributed by atoms with Gasteiger partial charge in [-0.15, -0.1) is 0 Å². The number of benzene rings is 1. The van der Waals surface area contributed by atoms with Crippen molar-refractivity contribution in [2.24, 2.45) is 0 Å². The fourth-order valence-corrected chi connectivity index (χ4v) is 2.51. The quantitative estimate of drug-likeness (QED) is 0.803. The lowest BCUT2D eigenvalue weighted by atomic mass is 9.93. The average Bonchev–Trinajstić information content (AvgIpc) is 2.44. The molecule has 0 bridgehead atoms. The number of amides is 2. The molecule has 116 valence electrons. The van der Waals surface area contributed by atoms with Gasteiger partial charge in [0.15, 0.2) is 11.6 Å². The van der Waals surface area contributed by atoms with Crippen molar-refractivity contribution >= 4 is 6.03 Å². The minimum absolute atomic E-state index is 0.0468. The fraction of sp³-hybridized carbons (Fsp3) is 0.533. The van der Waals surface area contributed by atoms with E-state index in [0.29, 0.717) is 18.4 Å². The summed E-state index contributed by atoms with van der Waals surface area (Å²) in [6, 6.07) is 2.86. The first-order valence-corrected chi connectivity index (χ1v) is 7.15. The molecule has 1 fully saturated rings. The number of urea groups is 1. The van der Waals surface area contributed by atoms with Crippen LogP contribution < -0.4 is 10.6 Å². The van der Waals surface area contributed by atoms with Gasteiger partial charge in [-0.1, -0.05) is 6.07 Å². The van der Waals surface area contributed by atoms with Crippen LogP contribution in [0.2, 0.25) is 0 Å². The first-order valence-electron chi connectivity index (χ1n) is 7.15. The highest BCUT2D eigenvalue weighted by molar-refractivity contribution is 5.74. The molecule has 1 saturated carbocycles. The van der Waals surface area contributed by atoms with Crippen molar-refractivity contribution in [3.05, 3.63) is 35.4 Å². The predicted molar refractivity (Wildman–Crippen MR) is 74.7 cm³/mol. The van der Waals surface area contributed by atoms with Gasteiger partial charge in [-0.2, -0.15) is 0 Å². The highest BCUT2D eigenvalue weighted by atomic mass is 19.2. The van der Waals surface area contributed by atoms with Gasteiger partial charge in [0.05, 0.1) is 12.1 Å². The largest absolute Gasteiger partial charge is 0.393 e. The topological polar surface area (TPSA) is 61.4 Å². The molecular formula is C15H20F2N2O2. The van der Waals surface area contributed by atoms with Crippen molar-refractivity contribution in [1.29, 1.82) is 0 Å². The number of halogens is 2. The number of carbonyl (C=O) groups is 1. The standard InChI is InChI=1S/C15H20F2N2O2/c1-9(10-2-7-13(16)14(17)8-10)18-15(21)19-11-3-5-12(20)6-4-11/h2,7-9,11-12,20H,3-6H2,1H3,(H2,18,19,21). The Kier molecular flexibility index (Phi) is 5.12. The van der Waals surface area contributed by atoms with Crippen LogP contribution in [-0.4, -0.2) is 23.3 Å². The van der Waals surface area contributed by atoms with Gasteiger partial charge < -0.3 is 15.7 Å². The van der Waals surface area contributed by atoms with Gasteiger partial charge in [-0.05, 0) is 50.3 Å². The Morgan fingerprint density at radius 2 is 1.90 bits per heavy atom. The van der Waals surface area contributed by atoms with Gasteiger partial charge >= 0.3 is 6.03 Å². The van der Waals surface area contributed by atoms with Crippen molar-refractivity contribution in [2.75, 3.05) is 0 Å². The molecule has 6 heteroatoms. The summed E-state index contributed by atoms with van der Waals surface area (Å²) in [6.07, 6.45) is 2.59. The van der Waals surface area contributed by atoms with E-state index in [-0.39, 0.29) is 18.2 Å². The van der Waals surface area contributed by atoms with Crippen LogP contribution in [0.15, 0.2) is 18.2 Å². The van der Waals surface area contributed by atoms with Crippen LogP contribution in [0.25, 0.3) is 0 Å². The number of aliphatic hydroxyl groups is 1. The van der Waals surface area contributed by atoms with Crippen LogP contribution in [0.4, 0.5) is 13.6 Å². The molecule has 2 amide bonds. The monoisotopic (exact) mass is 298 g/mol. The summed E-state index contributed by atoms with van der Waals surface area (Å²) in [5.41, 5.74) is 0.503. The Morgan fingerprint density at radius 3 is 2.52 bits per heavy atom. The fourth-order valence-electron chi connectivity index (χ4n) is 2.51. The predicted octanol–water partition coefficient (Wildman–Crippen LogP) is 2.63. The van der Waals surface area contributed by atoms with Crippen LogP contribution in [0.5, 0.6) is 0 Å². The van der Waals surface area contributed by atoms with Gasteiger partial charge in [0, 0.05) is 6.04 Å². The summed E-state index contributed by atoms with van der Waals surface area (Å²) in [5.74, 6) is -1.83. The molecule has 21 heavy (non-hydrogen) atoms. The Hall–Kier alpha value is -1.69. The summed E-state index contributed by atoms with van der Waals surface area (Å²) in [5, 5.41) is 14.9. The summed E-state index contributed by atoms with van der Waals surface area (Å²) in [4.78, 5) is 11.9. The van der Waals surface area contributed by atoms with Crippen molar-refractivity contribution in [3.8, 4) is 0 Å². The van der Waals surface area contributed by atoms with Gasteiger partial charge in [0.2, 0.25) is 0 Å². The van der Waals surface area contributed by atoms with Gasteiger partial charge in [-0.3, -0.25) is 0 Å². The van der Waals surface area contributed by atoms with Gasteiger partial charge in [0.25, 0.3) is 0 Å². The minimum Gasteiger partial charge on any atom is -0.393 e. The molecule has 1 aromatic carbocycles. The molecule has 0 radical (unpaired) electrons. The van der Waals surface area contributed by atoms with Crippen LogP contribution in [-0.2, 0) is 0 Å². The third kappa shape index (κ3) is 4.39. The summed E-state index contributed by atoms with van der Waals surface area (Å²) < 4.78 is 26.0. The second-order valence-electron chi connectivity index (χ2n) is 5.52. The molecule has 0 spiro atoms. The highest BCUT2D eigenvalue weighted by Gasteiger charge is 2.21. The molecule has 1 aliphatic carbocycles. The van der Waals surface area contributed by atoms with E-state index in [2.05, 4.69) is 10.6 Å². The summed E-state index contributed by atoms with van der Waals surface area (Å²) in [6.45, 7) is 1.71. The zero-order valence-corrected chi connectivity index (χ0v) is 11.9. The molecular weight excluding hydrogens is 278 g/mol. The van der Waals surface area contributed by atoms with Crippen LogP contribution in [0.1, 0.15) is 44.2 Å². The minimum atomic E-state index is -0.928. The molecule has 0 aromatic heterocycles. The number of hydrogen-bond donors (Lipinski definition) is 3. The summed E-state index contributed by atoms with van der Waals surface area (Å²) in [7, 11) is 0. The smallest absolute Gasteiger partial charge is 0.315 e. The van der Waals surface area contributed by atoms with E-state index in [1.807, 2.05) is 0 Å². The Bertz CT molecular complexity index is 502. The van der Waals surface area contributed by atoms with E-state index in [4.69, 9.17) is 0 Å². The number of aliphatic hydroxyl groups excluding tert-OH is 1. The molecule has 2 rings (SSSR count). The van der Waals surface area contributed by atoms with Crippen LogP contribution in [0, 0.1) is 11.6 Å². The van der Waals surface area contributed by atoms with Crippen LogP contribution >= 0.6 is 0 Å². The average molecular weight is 298 g/mol. The summed E-state index contributed by atoms with van der Waals surface area (Å²) >= 11 is 0. The first kappa shape index (κ1) is 15.7. The maximum absolute atomic E-state index is 13.2. The third-order valence-electron chi connectivity index (χ3n) is 3.82. The number of nitrogens with one attached hydrogen (secondary N) is 2. The third-order valence-corrected chi connectivity index (χ3v) is 3.82. The molecule has 0 saturated heterocycles. The Balaban J connectivity index is 1.85. The van der Waals surface area contributed by atoms with E-state index in [1.165, 1.54) is 6.07 Å². The Labute approximate surface area is 122 Å². The van der Waals surface area contributed by atoms with Crippen molar-refractivity contribution in [3.63, 3.8) is 0 Å². The maximum atomic E-state index is 13.2. The molecule has 1 unspecified atom stereocenters. The lowest BCUT2D eigenvalue weighted by molar-refractivity contribution is 0.117. The molecule has 3 N–H and O–H groups in total. The second-order valence-corrected chi connectivity index (χ2v) is 5.52. The maximum Gasteiger partial charge on any atom is 0.315 e. The zero-order chi connectivity index (χ0) is 15.4. The number of hydrogen-bond acceptors (Lipinski definition) is 2. The lowest BCUT2D eigenvalue weighted by Crippen LogP contribution is -2.44. The second kappa shape index (κ2) is 6.85. The van der Waals surface area contributed by atoms with E-state index in [9.17, 15) is 18.7 Å². The highest BCUT2D eigenvalue weighted by Crippen LogP contribution is 2.19. The van der Waals surface area contributed by atoms with E-state index < -0.39 is 17.7 Å². The van der Waals surface area contributed by atoms with Crippen molar-refractivity contribution < 1.29 is 18.7 Å². The molecule has 1 atom stereocenters. The van der Waals surface area contributed by atoms with Crippen molar-refractivity contribution in [2.45, 2.75) is 50.8 Å². The van der Waals surface area contributed by atoms with Gasteiger partial charge in [0.1, 0.15) is 0 Å². The Morgan fingerprint density at radius 1 is 1.24 bits per heavy atom. The molecule has 0 aliphatic heterocycles. The number of carbonyl (C=O) groups excluding carboxylic acids is 1. The SMILES string of the molecule is CC(NC(=O)NC1CCC(O)CC1)c1ccc(F)c(F)c1. The molecule has 4 nitrogen and oxygen atoms in total. The van der Waals surface area contributed by atoms with E-state index >= 15 is 0 Å². The van der Waals surface area contributed by atoms with Gasteiger partial charge in [-0.25, -0.2) is 13.6 Å². The molecule has 1 aromatic rings. The molecule has 1 aliphatic rings. The van der Waals surface area contributed by atoms with E-state index in [0.717, 1.165) is 25.0 Å². The van der Waals surface area contributed by atoms with E-state index in [1.54, 1.807) is 6.92 Å². The lowest BCUT2D eigenvalue weighted by Gasteiger charge is -2.27. The van der Waals surface area contributed by atoms with Crippen molar-refractivity contribution in [1.82, 2.24) is 10.6 Å². The van der Waals surface area contributed by atoms with Crippen LogP contribution in [0.3, 0.4) is 0 Å². The first-order chi connectivity index (χ1) is 9.95. The molecule has 0 heterocycles.